The third-order valence-corrected chi connectivity index (χ3v) is 8.88. The third-order valence-electron chi connectivity index (χ3n) is 8.46. The number of ether oxygens (including phenoxy) is 1. The van der Waals surface area contributed by atoms with E-state index in [0.717, 1.165) is 50.5 Å². The number of allylic oxidation sites excluding steroid dienone is 3. The van der Waals surface area contributed by atoms with Crippen LogP contribution in [0.4, 0.5) is 0 Å². The predicted octanol–water partition coefficient (Wildman–Crippen LogP) is 7.09. The highest BCUT2D eigenvalue weighted by atomic mass is 35.5. The Morgan fingerprint density at radius 1 is 1.02 bits per heavy atom. The molecule has 0 atom stereocenters. The third kappa shape index (κ3) is 7.43. The molecule has 8 heteroatoms. The first-order chi connectivity index (χ1) is 20.5. The van der Waals surface area contributed by atoms with Gasteiger partial charge in [-0.15, -0.1) is 0 Å². The van der Waals surface area contributed by atoms with Gasteiger partial charge >= 0.3 is 5.97 Å². The van der Waals surface area contributed by atoms with E-state index in [1.54, 1.807) is 6.07 Å². The second kappa shape index (κ2) is 14.5. The van der Waals surface area contributed by atoms with Gasteiger partial charge in [-0.25, -0.2) is 4.79 Å². The van der Waals surface area contributed by atoms with Crippen molar-refractivity contribution < 1.29 is 24.3 Å². The number of carbonyl (C=O) groups is 2. The number of carbonyl (C=O) groups excluding carboxylic acids is 2. The van der Waals surface area contributed by atoms with Crippen LogP contribution in [0, 0.1) is 0 Å². The molecular formula is C34H39ClN2O5. The van der Waals surface area contributed by atoms with E-state index in [4.69, 9.17) is 21.2 Å². The van der Waals surface area contributed by atoms with Crippen molar-refractivity contribution in [3.8, 4) is 5.75 Å². The Labute approximate surface area is 252 Å². The average molecular weight is 591 g/mol. The molecule has 3 aliphatic rings. The predicted molar refractivity (Wildman–Crippen MR) is 164 cm³/mol. The molecule has 7 nitrogen and oxygen atoms in total. The smallest absolute Gasteiger partial charge is 0.338 e. The zero-order valence-electron chi connectivity index (χ0n) is 24.0. The molecule has 1 aliphatic carbocycles. The van der Waals surface area contributed by atoms with Crippen LogP contribution in [0.1, 0.15) is 90.3 Å². The fourth-order valence-corrected chi connectivity index (χ4v) is 6.08. The summed E-state index contributed by atoms with van der Waals surface area (Å²) in [5, 5.41) is 15.2. The highest BCUT2D eigenvalue weighted by Gasteiger charge is 2.31. The standard InChI is InChI=1S/C34H39ClN2O5/c35-33-29-21-27(36-42-23-31(39)37-18-16-25(17-19-37)24-11-6-5-7-12-24)15-8-3-1-2-4-9-20-41-34(40)32(29)28(22-30(33)38)26-13-10-14-26/h2,4-8,11-12,15,22,25-26,38H,1,3,9-10,13-14,16-21,23H2/b4-2+,15-8+,36-27-. The number of cyclic esters (lactones) is 1. The van der Waals surface area contributed by atoms with E-state index in [2.05, 4.69) is 35.5 Å². The Balaban J connectivity index is 1.32. The van der Waals surface area contributed by atoms with Crippen molar-refractivity contribution >= 4 is 29.2 Å². The minimum atomic E-state index is -0.447. The van der Waals surface area contributed by atoms with E-state index in [1.165, 1.54) is 5.56 Å². The van der Waals surface area contributed by atoms with Gasteiger partial charge in [0, 0.05) is 19.5 Å². The van der Waals surface area contributed by atoms with Gasteiger partial charge in [0.25, 0.3) is 5.91 Å². The van der Waals surface area contributed by atoms with E-state index in [0.29, 0.717) is 42.3 Å². The lowest BCUT2D eigenvalue weighted by molar-refractivity contribution is -0.137. The van der Waals surface area contributed by atoms with Crippen molar-refractivity contribution in [3.05, 3.63) is 88.0 Å². The highest BCUT2D eigenvalue weighted by molar-refractivity contribution is 6.33. The Kier molecular flexibility index (Phi) is 10.4. The number of rotatable bonds is 5. The van der Waals surface area contributed by atoms with Crippen LogP contribution in [0.15, 0.2) is 65.9 Å². The van der Waals surface area contributed by atoms with Crippen LogP contribution in [0.5, 0.6) is 5.75 Å². The second-order valence-electron chi connectivity index (χ2n) is 11.3. The van der Waals surface area contributed by atoms with Gasteiger partial charge < -0.3 is 19.6 Å². The van der Waals surface area contributed by atoms with E-state index < -0.39 is 5.97 Å². The number of esters is 1. The van der Waals surface area contributed by atoms with E-state index in [1.807, 2.05) is 29.2 Å². The van der Waals surface area contributed by atoms with Gasteiger partial charge in [0.2, 0.25) is 0 Å². The van der Waals surface area contributed by atoms with Crippen LogP contribution in [-0.2, 0) is 20.8 Å². The van der Waals surface area contributed by atoms with Crippen LogP contribution >= 0.6 is 11.6 Å². The molecule has 0 spiro atoms. The normalized spacial score (nSPS) is 21.5. The van der Waals surface area contributed by atoms with Crippen LogP contribution in [0.25, 0.3) is 0 Å². The number of hydrogen-bond donors (Lipinski definition) is 1. The number of hydrogen-bond acceptors (Lipinski definition) is 6. The number of fused-ring (bicyclic) bond motifs is 1. The van der Waals surface area contributed by atoms with E-state index in [-0.39, 0.29) is 42.2 Å². The number of halogens is 1. The van der Waals surface area contributed by atoms with Crippen LogP contribution in [0.3, 0.4) is 0 Å². The first kappa shape index (κ1) is 29.9. The first-order valence-electron chi connectivity index (χ1n) is 15.1. The maximum atomic E-state index is 13.4. The maximum absolute atomic E-state index is 13.4. The molecule has 222 valence electrons. The molecule has 42 heavy (non-hydrogen) atoms. The van der Waals surface area contributed by atoms with Crippen molar-refractivity contribution in [1.29, 1.82) is 0 Å². The number of phenols is 1. The molecule has 1 saturated heterocycles. The SMILES string of the molecule is O=C1OCC/C=C/CC/C=C/C(=N/OCC(=O)N2CCC(c3ccccc3)CC2)Cc2c(Cl)c(O)cc(C3CCC3)c21. The number of oxime groups is 1. The highest BCUT2D eigenvalue weighted by Crippen LogP contribution is 2.44. The van der Waals surface area contributed by atoms with Gasteiger partial charge in [-0.2, -0.15) is 0 Å². The maximum Gasteiger partial charge on any atom is 0.338 e. The van der Waals surface area contributed by atoms with Crippen molar-refractivity contribution in [2.45, 2.75) is 69.6 Å². The van der Waals surface area contributed by atoms with Crippen LogP contribution in [0.2, 0.25) is 5.02 Å². The summed E-state index contributed by atoms with van der Waals surface area (Å²) < 4.78 is 5.65. The minimum Gasteiger partial charge on any atom is -0.506 e. The number of benzene rings is 2. The monoisotopic (exact) mass is 590 g/mol. The number of amides is 1. The lowest BCUT2D eigenvalue weighted by Gasteiger charge is -2.32. The van der Waals surface area contributed by atoms with Crippen LogP contribution in [-0.4, -0.2) is 53.9 Å². The number of aromatic hydroxyl groups is 1. The summed E-state index contributed by atoms with van der Waals surface area (Å²) in [6.07, 6.45) is 15.1. The molecule has 1 N–H and O–H groups in total. The lowest BCUT2D eigenvalue weighted by Crippen LogP contribution is -2.39. The molecule has 0 bridgehead atoms. The zero-order chi connectivity index (χ0) is 29.3. The van der Waals surface area contributed by atoms with Gasteiger partial charge in [-0.3, -0.25) is 4.79 Å². The Morgan fingerprint density at radius 3 is 2.50 bits per heavy atom. The summed E-state index contributed by atoms with van der Waals surface area (Å²) >= 11 is 6.62. The average Bonchev–Trinajstić information content (AvgIpc) is 2.97. The number of piperidine rings is 1. The fraction of sp³-hybridized carbons (Fsp3) is 0.441. The molecule has 2 aromatic carbocycles. The molecule has 0 aromatic heterocycles. The van der Waals surface area contributed by atoms with Gasteiger partial charge in [0.1, 0.15) is 5.75 Å². The first-order valence-corrected chi connectivity index (χ1v) is 15.4. The second-order valence-corrected chi connectivity index (χ2v) is 11.6. The number of phenolic OH excluding ortho intramolecular Hbond substituents is 1. The number of nitrogens with zero attached hydrogens (tertiary/aromatic N) is 2. The summed E-state index contributed by atoms with van der Waals surface area (Å²) in [4.78, 5) is 33.8. The Morgan fingerprint density at radius 2 is 1.76 bits per heavy atom. The van der Waals surface area contributed by atoms with Gasteiger partial charge in [0.15, 0.2) is 6.61 Å². The lowest BCUT2D eigenvalue weighted by atomic mass is 9.76. The van der Waals surface area contributed by atoms with Gasteiger partial charge in [0.05, 0.1) is 22.9 Å². The molecule has 0 unspecified atom stereocenters. The van der Waals surface area contributed by atoms with Crippen molar-refractivity contribution in [1.82, 2.24) is 4.90 Å². The summed E-state index contributed by atoms with van der Waals surface area (Å²) in [6.45, 7) is 1.45. The largest absolute Gasteiger partial charge is 0.506 e. The van der Waals surface area contributed by atoms with Crippen molar-refractivity contribution in [2.24, 2.45) is 5.16 Å². The Bertz CT molecular complexity index is 1340. The fourth-order valence-electron chi connectivity index (χ4n) is 5.86. The Hall–Kier alpha value is -3.58. The van der Waals surface area contributed by atoms with Crippen molar-refractivity contribution in [2.75, 3.05) is 26.3 Å². The molecular weight excluding hydrogens is 552 g/mol. The quantitative estimate of drug-likeness (QED) is 0.228. The topological polar surface area (TPSA) is 88.4 Å². The van der Waals surface area contributed by atoms with E-state index in [9.17, 15) is 14.7 Å². The molecule has 5 rings (SSSR count). The number of likely N-dealkylation sites (tertiary alicyclic amines) is 1. The summed E-state index contributed by atoms with van der Waals surface area (Å²) in [5.74, 6) is 0.0147. The summed E-state index contributed by atoms with van der Waals surface area (Å²) in [7, 11) is 0. The summed E-state index contributed by atoms with van der Waals surface area (Å²) in [6, 6.07) is 12.0. The molecule has 2 aliphatic heterocycles. The van der Waals surface area contributed by atoms with E-state index >= 15 is 0 Å². The zero-order valence-corrected chi connectivity index (χ0v) is 24.7. The molecule has 2 heterocycles. The molecule has 2 fully saturated rings. The van der Waals surface area contributed by atoms with Gasteiger partial charge in [-0.05, 0) is 85.6 Å². The molecule has 1 amide bonds. The minimum absolute atomic E-state index is 0.0625. The van der Waals surface area contributed by atoms with Crippen molar-refractivity contribution in [3.63, 3.8) is 0 Å². The summed E-state index contributed by atoms with van der Waals surface area (Å²) in [5.41, 5.74) is 3.47. The van der Waals surface area contributed by atoms with Gasteiger partial charge in [-0.1, -0.05) is 71.7 Å². The van der Waals surface area contributed by atoms with Crippen LogP contribution < -0.4 is 0 Å². The molecule has 2 aromatic rings. The molecule has 1 saturated carbocycles. The molecule has 0 radical (unpaired) electrons.